The second-order valence-corrected chi connectivity index (χ2v) is 3.27. The van der Waals surface area contributed by atoms with Crippen LogP contribution in [0.5, 0.6) is 0 Å². The fraction of sp³-hybridized carbons (Fsp3) is 0.600. The summed E-state index contributed by atoms with van der Waals surface area (Å²) in [6, 6.07) is 0. The molecule has 0 heterocycles. The Morgan fingerprint density at radius 2 is 2.18 bits per heavy atom. The van der Waals surface area contributed by atoms with Crippen LogP contribution in [0.3, 0.4) is 0 Å². The van der Waals surface area contributed by atoms with E-state index in [2.05, 4.69) is 20.1 Å². The van der Waals surface area contributed by atoms with Gasteiger partial charge in [0.25, 0.3) is 0 Å². The lowest BCUT2D eigenvalue weighted by Crippen LogP contribution is -1.94. The molecule has 0 aliphatic heterocycles. The third-order valence-corrected chi connectivity index (χ3v) is 2.09. The van der Waals surface area contributed by atoms with Crippen LogP contribution < -0.4 is 0 Å². The smallest absolute Gasteiger partial charge is 0.0177 e. The Kier molecular flexibility index (Phi) is 6.34. The quantitative estimate of drug-likeness (QED) is 0.418. The molecule has 0 spiro atoms. The fourth-order valence-electron chi connectivity index (χ4n) is 1.02. The van der Waals surface area contributed by atoms with Gasteiger partial charge in [0, 0.05) is 11.0 Å². The van der Waals surface area contributed by atoms with Gasteiger partial charge in [-0.25, -0.2) is 0 Å². The zero-order valence-electron chi connectivity index (χ0n) is 7.28. The van der Waals surface area contributed by atoms with Gasteiger partial charge in [-0.05, 0) is 6.42 Å². The normalized spacial score (nSPS) is 12.5. The van der Waals surface area contributed by atoms with E-state index in [9.17, 15) is 0 Å². The van der Waals surface area contributed by atoms with Gasteiger partial charge in [-0.1, -0.05) is 50.4 Å². The highest BCUT2D eigenvalue weighted by atomic mass is 35.5. The maximum absolute atomic E-state index is 5.76. The van der Waals surface area contributed by atoms with E-state index in [1.807, 2.05) is 6.08 Å². The van der Waals surface area contributed by atoms with Crippen molar-refractivity contribution < 1.29 is 0 Å². The highest BCUT2D eigenvalue weighted by Crippen LogP contribution is 2.20. The minimum Gasteiger partial charge on any atom is -0.102 e. The number of allylic oxidation sites excluding steroid dienone is 2. The van der Waals surface area contributed by atoms with Gasteiger partial charge in [0.1, 0.15) is 0 Å². The Morgan fingerprint density at radius 1 is 1.55 bits per heavy atom. The molecule has 0 amide bonds. The summed E-state index contributed by atoms with van der Waals surface area (Å²) in [5.41, 5.74) is 0. The van der Waals surface area contributed by atoms with E-state index in [1.54, 1.807) is 0 Å². The van der Waals surface area contributed by atoms with E-state index in [0.29, 0.717) is 5.92 Å². The first-order valence-corrected chi connectivity index (χ1v) is 4.57. The van der Waals surface area contributed by atoms with Gasteiger partial charge in [-0.15, -0.1) is 6.58 Å². The van der Waals surface area contributed by atoms with E-state index in [1.165, 1.54) is 19.3 Å². The molecular formula is C10H17Cl. The first kappa shape index (κ1) is 10.8. The molecule has 1 heteroatoms. The SMILES string of the molecule is C=CC(CCCCC)C(=C)Cl. The molecule has 1 atom stereocenters. The molecule has 0 nitrogen and oxygen atoms in total. The van der Waals surface area contributed by atoms with E-state index < -0.39 is 0 Å². The van der Waals surface area contributed by atoms with Crippen LogP contribution in [0.4, 0.5) is 0 Å². The van der Waals surface area contributed by atoms with Crippen molar-refractivity contribution in [3.05, 3.63) is 24.3 Å². The molecule has 0 saturated heterocycles. The Balaban J connectivity index is 3.52. The van der Waals surface area contributed by atoms with Gasteiger partial charge in [-0.2, -0.15) is 0 Å². The summed E-state index contributed by atoms with van der Waals surface area (Å²) < 4.78 is 0. The summed E-state index contributed by atoms with van der Waals surface area (Å²) in [5, 5.41) is 0.719. The van der Waals surface area contributed by atoms with Gasteiger partial charge < -0.3 is 0 Å². The van der Waals surface area contributed by atoms with E-state index >= 15 is 0 Å². The third-order valence-electron chi connectivity index (χ3n) is 1.81. The number of hydrogen-bond acceptors (Lipinski definition) is 0. The molecule has 0 rings (SSSR count). The van der Waals surface area contributed by atoms with Gasteiger partial charge in [-0.3, -0.25) is 0 Å². The maximum atomic E-state index is 5.76. The number of hydrogen-bond donors (Lipinski definition) is 0. The average molecular weight is 173 g/mol. The molecule has 0 aliphatic carbocycles. The standard InChI is InChI=1S/C10H17Cl/c1-4-6-7-8-10(5-2)9(3)11/h5,10H,2-4,6-8H2,1H3. The Bertz CT molecular complexity index is 127. The zero-order chi connectivity index (χ0) is 8.69. The van der Waals surface area contributed by atoms with E-state index in [-0.39, 0.29) is 0 Å². The van der Waals surface area contributed by atoms with Crippen LogP contribution >= 0.6 is 11.6 Å². The highest BCUT2D eigenvalue weighted by molar-refractivity contribution is 6.29. The Hall–Kier alpha value is -0.230. The van der Waals surface area contributed by atoms with Crippen molar-refractivity contribution in [1.82, 2.24) is 0 Å². The molecule has 0 aromatic carbocycles. The summed E-state index contributed by atoms with van der Waals surface area (Å²) in [6.07, 6.45) is 6.72. The summed E-state index contributed by atoms with van der Waals surface area (Å²) >= 11 is 5.76. The monoisotopic (exact) mass is 172 g/mol. The molecule has 1 unspecified atom stereocenters. The average Bonchev–Trinajstić information content (AvgIpc) is 1.97. The zero-order valence-corrected chi connectivity index (χ0v) is 8.03. The molecule has 11 heavy (non-hydrogen) atoms. The van der Waals surface area contributed by atoms with Crippen molar-refractivity contribution in [2.45, 2.75) is 32.6 Å². The predicted molar refractivity (Wildman–Crippen MR) is 52.8 cm³/mol. The highest BCUT2D eigenvalue weighted by Gasteiger charge is 2.04. The third kappa shape index (κ3) is 5.09. The van der Waals surface area contributed by atoms with Crippen LogP contribution in [0.1, 0.15) is 32.6 Å². The van der Waals surface area contributed by atoms with Crippen LogP contribution in [0, 0.1) is 5.92 Å². The molecule has 0 aromatic heterocycles. The van der Waals surface area contributed by atoms with E-state index in [0.717, 1.165) is 11.5 Å². The molecule has 0 saturated carbocycles. The summed E-state index contributed by atoms with van der Waals surface area (Å²) in [6.45, 7) is 9.61. The van der Waals surface area contributed by atoms with Gasteiger partial charge in [0.2, 0.25) is 0 Å². The Labute approximate surface area is 74.9 Å². The summed E-state index contributed by atoms with van der Waals surface area (Å²) in [4.78, 5) is 0. The van der Waals surface area contributed by atoms with Crippen molar-refractivity contribution in [1.29, 1.82) is 0 Å². The van der Waals surface area contributed by atoms with Crippen LogP contribution in [0.25, 0.3) is 0 Å². The molecule has 0 radical (unpaired) electrons. The molecule has 64 valence electrons. The van der Waals surface area contributed by atoms with Crippen molar-refractivity contribution in [3.8, 4) is 0 Å². The second kappa shape index (κ2) is 6.48. The van der Waals surface area contributed by atoms with Gasteiger partial charge in [0.05, 0.1) is 0 Å². The lowest BCUT2D eigenvalue weighted by Gasteiger charge is -2.08. The van der Waals surface area contributed by atoms with Crippen molar-refractivity contribution in [3.63, 3.8) is 0 Å². The fourth-order valence-corrected chi connectivity index (χ4v) is 1.21. The van der Waals surface area contributed by atoms with Crippen molar-refractivity contribution in [2.75, 3.05) is 0 Å². The van der Waals surface area contributed by atoms with Crippen LogP contribution in [0.2, 0.25) is 0 Å². The number of unbranched alkanes of at least 4 members (excludes halogenated alkanes) is 2. The largest absolute Gasteiger partial charge is 0.102 e. The first-order valence-electron chi connectivity index (χ1n) is 4.19. The minimum absolute atomic E-state index is 0.309. The van der Waals surface area contributed by atoms with E-state index in [4.69, 9.17) is 11.6 Å². The second-order valence-electron chi connectivity index (χ2n) is 2.78. The Morgan fingerprint density at radius 3 is 2.55 bits per heavy atom. The van der Waals surface area contributed by atoms with Crippen molar-refractivity contribution in [2.24, 2.45) is 5.92 Å². The van der Waals surface area contributed by atoms with Gasteiger partial charge >= 0.3 is 0 Å². The van der Waals surface area contributed by atoms with Crippen molar-refractivity contribution >= 4 is 11.6 Å². The lowest BCUT2D eigenvalue weighted by atomic mass is 10.0. The minimum atomic E-state index is 0.309. The van der Waals surface area contributed by atoms with Crippen LogP contribution in [-0.4, -0.2) is 0 Å². The lowest BCUT2D eigenvalue weighted by molar-refractivity contribution is 0.607. The molecular weight excluding hydrogens is 156 g/mol. The predicted octanol–water partition coefficient (Wildman–Crippen LogP) is 4.12. The summed E-state index contributed by atoms with van der Waals surface area (Å²) in [5.74, 6) is 0.309. The number of halogens is 1. The molecule has 0 aromatic rings. The first-order chi connectivity index (χ1) is 5.22. The van der Waals surface area contributed by atoms with Crippen LogP contribution in [0.15, 0.2) is 24.3 Å². The summed E-state index contributed by atoms with van der Waals surface area (Å²) in [7, 11) is 0. The molecule has 0 bridgehead atoms. The maximum Gasteiger partial charge on any atom is 0.0177 e. The molecule has 0 N–H and O–H groups in total. The molecule has 0 aliphatic rings. The topological polar surface area (TPSA) is 0 Å². The molecule has 0 fully saturated rings. The van der Waals surface area contributed by atoms with Crippen LogP contribution in [-0.2, 0) is 0 Å². The number of rotatable bonds is 6. The van der Waals surface area contributed by atoms with Gasteiger partial charge in [0.15, 0.2) is 0 Å².